The maximum absolute atomic E-state index is 5.71. The second-order valence-electron chi connectivity index (χ2n) is 6.67. The predicted molar refractivity (Wildman–Crippen MR) is 170 cm³/mol. The predicted octanol–water partition coefficient (Wildman–Crippen LogP) is 6.88. The summed E-state index contributed by atoms with van der Waals surface area (Å²) in [6.45, 7) is 6.41. The van der Waals surface area contributed by atoms with Gasteiger partial charge >= 0.3 is 0 Å². The van der Waals surface area contributed by atoms with Gasteiger partial charge in [0.05, 0.1) is 91.5 Å². The average Bonchev–Trinajstić information content (AvgIpc) is 3.50. The first-order chi connectivity index (χ1) is 17.7. The van der Waals surface area contributed by atoms with Crippen molar-refractivity contribution in [1.29, 1.82) is 0 Å². The molecule has 0 saturated carbocycles. The number of methoxy groups -OCH3 is 2. The van der Waals surface area contributed by atoms with E-state index < -0.39 is 0 Å². The molecule has 0 aromatic heterocycles. The SMILES string of the molecule is COCCOCCOCCSC1=C(SC)S/C(=C2\SC(SC)=C(SCCOCCOCCOC)S2)S1. The number of hydrogen-bond donors (Lipinski definition) is 0. The maximum atomic E-state index is 5.71. The van der Waals surface area contributed by atoms with Crippen LogP contribution in [-0.4, -0.2) is 104 Å². The summed E-state index contributed by atoms with van der Waals surface area (Å²) in [7, 11) is 3.36. The molecule has 0 N–H and O–H groups in total. The van der Waals surface area contributed by atoms with E-state index in [9.17, 15) is 0 Å². The standard InChI is InChI=1S/C22H36O6S8/c1-23-5-7-25-9-11-27-13-15-31-19-17(29-3)33-21(35-19)22-34-18(30-4)20(36-22)32-16-14-28-12-10-26-8-6-24-2/h5-16H2,1-4H3/b22-21-. The van der Waals surface area contributed by atoms with Crippen molar-refractivity contribution in [2.45, 2.75) is 0 Å². The van der Waals surface area contributed by atoms with Gasteiger partial charge in [-0.1, -0.05) is 47.0 Å². The highest BCUT2D eigenvalue weighted by Gasteiger charge is 2.30. The van der Waals surface area contributed by atoms with Gasteiger partial charge in [-0.15, -0.1) is 47.0 Å². The lowest BCUT2D eigenvalue weighted by Crippen LogP contribution is -2.09. The summed E-state index contributed by atoms with van der Waals surface area (Å²) in [5, 5.41) is 0. The Morgan fingerprint density at radius 3 is 1.17 bits per heavy atom. The van der Waals surface area contributed by atoms with Crippen LogP contribution in [0, 0.1) is 0 Å². The Balaban J connectivity index is 1.67. The Bertz CT molecular complexity index is 661. The summed E-state index contributed by atoms with van der Waals surface area (Å²) < 4.78 is 40.6. The highest BCUT2D eigenvalue weighted by Crippen LogP contribution is 2.65. The van der Waals surface area contributed by atoms with E-state index in [0.717, 1.165) is 24.7 Å². The molecule has 2 aliphatic heterocycles. The molecule has 0 saturated heterocycles. The zero-order chi connectivity index (χ0) is 25.8. The lowest BCUT2D eigenvalue weighted by molar-refractivity contribution is 0.0286. The second-order valence-corrected chi connectivity index (χ2v) is 16.1. The first kappa shape index (κ1) is 34.0. The van der Waals surface area contributed by atoms with Crippen molar-refractivity contribution in [3.05, 3.63) is 25.4 Å². The van der Waals surface area contributed by atoms with Gasteiger partial charge in [-0.25, -0.2) is 0 Å². The zero-order valence-electron chi connectivity index (χ0n) is 21.2. The first-order valence-corrected chi connectivity index (χ1v) is 19.0. The summed E-state index contributed by atoms with van der Waals surface area (Å²) in [6.07, 6.45) is 4.32. The molecule has 0 fully saturated rings. The molecule has 0 aliphatic carbocycles. The third-order valence-electron chi connectivity index (χ3n) is 4.14. The molecular formula is C22H36O6S8. The first-order valence-electron chi connectivity index (χ1n) is 11.3. The molecule has 6 nitrogen and oxygen atoms in total. The van der Waals surface area contributed by atoms with E-state index in [-0.39, 0.29) is 0 Å². The highest BCUT2D eigenvalue weighted by atomic mass is 32.3. The smallest absolute Gasteiger partial charge is 0.0717 e. The van der Waals surface area contributed by atoms with E-state index in [1.54, 1.807) is 14.2 Å². The van der Waals surface area contributed by atoms with Crippen LogP contribution in [0.5, 0.6) is 0 Å². The summed E-state index contributed by atoms with van der Waals surface area (Å²) in [5.74, 6) is 1.89. The Morgan fingerprint density at radius 2 is 0.806 bits per heavy atom. The van der Waals surface area contributed by atoms with Gasteiger partial charge in [0, 0.05) is 25.7 Å². The van der Waals surface area contributed by atoms with Gasteiger partial charge in [0.15, 0.2) is 0 Å². The molecule has 0 radical (unpaired) electrons. The van der Waals surface area contributed by atoms with Gasteiger partial charge in [-0.05, 0) is 12.5 Å². The molecular weight excluding hydrogens is 617 g/mol. The van der Waals surface area contributed by atoms with E-state index >= 15 is 0 Å². The van der Waals surface area contributed by atoms with Crippen LogP contribution in [0.25, 0.3) is 0 Å². The van der Waals surface area contributed by atoms with Crippen LogP contribution in [0.1, 0.15) is 0 Å². The molecule has 0 unspecified atom stereocenters. The normalized spacial score (nSPS) is 18.3. The van der Waals surface area contributed by atoms with Crippen molar-refractivity contribution in [3.63, 3.8) is 0 Å². The van der Waals surface area contributed by atoms with E-state index in [2.05, 4.69) is 12.5 Å². The van der Waals surface area contributed by atoms with Gasteiger partial charge in [0.1, 0.15) is 0 Å². The number of hydrogen-bond acceptors (Lipinski definition) is 14. The van der Waals surface area contributed by atoms with Crippen LogP contribution in [0.15, 0.2) is 25.4 Å². The fourth-order valence-corrected chi connectivity index (χ4v) is 13.4. The molecule has 0 aromatic rings. The van der Waals surface area contributed by atoms with E-state index in [0.29, 0.717) is 52.9 Å². The average molecular weight is 653 g/mol. The van der Waals surface area contributed by atoms with Crippen molar-refractivity contribution in [1.82, 2.24) is 0 Å². The van der Waals surface area contributed by atoms with E-state index in [1.807, 2.05) is 94.1 Å². The van der Waals surface area contributed by atoms with Crippen LogP contribution in [0.4, 0.5) is 0 Å². The molecule has 0 spiro atoms. The molecule has 2 aliphatic rings. The zero-order valence-corrected chi connectivity index (χ0v) is 27.7. The third kappa shape index (κ3) is 13.9. The van der Waals surface area contributed by atoms with Crippen molar-refractivity contribution in [2.75, 3.05) is 104 Å². The quantitative estimate of drug-likeness (QED) is 0.114. The third-order valence-corrected chi connectivity index (χ3v) is 15.3. The molecule has 208 valence electrons. The topological polar surface area (TPSA) is 55.4 Å². The summed E-state index contributed by atoms with van der Waals surface area (Å²) in [5.41, 5.74) is 0. The summed E-state index contributed by atoms with van der Waals surface area (Å²) in [6, 6.07) is 0. The summed E-state index contributed by atoms with van der Waals surface area (Å²) in [4.78, 5) is 0. The van der Waals surface area contributed by atoms with E-state index in [1.165, 1.54) is 25.4 Å². The minimum Gasteiger partial charge on any atom is -0.382 e. The van der Waals surface area contributed by atoms with E-state index in [4.69, 9.17) is 28.4 Å². The van der Waals surface area contributed by atoms with Crippen LogP contribution >= 0.6 is 94.1 Å². The monoisotopic (exact) mass is 652 g/mol. The minimum absolute atomic E-state index is 0.614. The number of ether oxygens (including phenoxy) is 6. The summed E-state index contributed by atoms with van der Waals surface area (Å²) >= 11 is 15.1. The van der Waals surface area contributed by atoms with Gasteiger partial charge in [-0.3, -0.25) is 0 Å². The Hall–Kier alpha value is 1.78. The molecule has 0 atom stereocenters. The fraction of sp³-hybridized carbons (Fsp3) is 0.727. The second kappa shape index (κ2) is 22.5. The molecule has 2 rings (SSSR count). The number of thioether (sulfide) groups is 8. The van der Waals surface area contributed by atoms with Crippen molar-refractivity contribution < 1.29 is 28.4 Å². The van der Waals surface area contributed by atoms with Gasteiger partial charge < -0.3 is 28.4 Å². The molecule has 36 heavy (non-hydrogen) atoms. The van der Waals surface area contributed by atoms with Crippen LogP contribution < -0.4 is 0 Å². The van der Waals surface area contributed by atoms with Crippen molar-refractivity contribution in [3.8, 4) is 0 Å². The fourth-order valence-electron chi connectivity index (χ4n) is 2.45. The minimum atomic E-state index is 0.614. The molecule has 2 heterocycles. The lowest BCUT2D eigenvalue weighted by Gasteiger charge is -2.06. The van der Waals surface area contributed by atoms with Crippen LogP contribution in [0.2, 0.25) is 0 Å². The Labute approximate surface area is 250 Å². The molecule has 0 amide bonds. The molecule has 0 bridgehead atoms. The highest BCUT2D eigenvalue weighted by molar-refractivity contribution is 8.45. The van der Waals surface area contributed by atoms with Gasteiger partial charge in [-0.2, -0.15) is 0 Å². The van der Waals surface area contributed by atoms with Crippen LogP contribution in [-0.2, 0) is 28.4 Å². The van der Waals surface area contributed by atoms with Crippen molar-refractivity contribution in [2.24, 2.45) is 0 Å². The largest absolute Gasteiger partial charge is 0.382 e. The van der Waals surface area contributed by atoms with Gasteiger partial charge in [0.25, 0.3) is 0 Å². The Morgan fingerprint density at radius 1 is 0.472 bits per heavy atom. The Kier molecular flexibility index (Phi) is 21.2. The maximum Gasteiger partial charge on any atom is 0.0717 e. The number of rotatable bonds is 22. The lowest BCUT2D eigenvalue weighted by atomic mass is 10.7. The van der Waals surface area contributed by atoms with Crippen LogP contribution in [0.3, 0.4) is 0 Å². The molecule has 0 aromatic carbocycles. The molecule has 14 heteroatoms. The van der Waals surface area contributed by atoms with Crippen molar-refractivity contribution >= 4 is 94.1 Å². The van der Waals surface area contributed by atoms with Gasteiger partial charge in [0.2, 0.25) is 0 Å².